The van der Waals surface area contributed by atoms with Gasteiger partial charge in [0.2, 0.25) is 0 Å². The molecule has 0 atom stereocenters. The molecule has 0 heterocycles. The second-order valence-corrected chi connectivity index (χ2v) is 6.45. The van der Waals surface area contributed by atoms with E-state index in [9.17, 15) is 13.2 Å². The van der Waals surface area contributed by atoms with Crippen LogP contribution in [-0.2, 0) is 6.42 Å². The first-order valence-electron chi connectivity index (χ1n) is 9.07. The summed E-state index contributed by atoms with van der Waals surface area (Å²) in [7, 11) is 1.51. The Morgan fingerprint density at radius 2 is 1.71 bits per heavy atom. The molecular formula is C24H21F3O. The molecule has 0 bridgehead atoms. The topological polar surface area (TPSA) is 9.23 Å². The van der Waals surface area contributed by atoms with Crippen molar-refractivity contribution in [3.05, 3.63) is 89.3 Å². The summed E-state index contributed by atoms with van der Waals surface area (Å²) in [6.07, 6.45) is 5.73. The van der Waals surface area contributed by atoms with Crippen LogP contribution in [0.25, 0.3) is 22.4 Å². The molecule has 144 valence electrons. The molecule has 0 aliphatic rings. The lowest BCUT2D eigenvalue weighted by molar-refractivity contribution is 0.415. The Kier molecular flexibility index (Phi) is 6.19. The van der Waals surface area contributed by atoms with Crippen molar-refractivity contribution in [2.75, 3.05) is 7.11 Å². The number of allylic oxidation sites excluding steroid dienone is 2. The first-order valence-corrected chi connectivity index (χ1v) is 9.07. The lowest BCUT2D eigenvalue weighted by Gasteiger charge is -2.08. The van der Waals surface area contributed by atoms with Crippen molar-refractivity contribution in [3.8, 4) is 5.75 Å². The number of halogens is 3. The zero-order valence-electron chi connectivity index (χ0n) is 15.8. The van der Waals surface area contributed by atoms with E-state index < -0.39 is 23.0 Å². The molecule has 0 aromatic heterocycles. The maximum atomic E-state index is 14.8. The van der Waals surface area contributed by atoms with E-state index in [1.807, 2.05) is 19.1 Å². The number of ether oxygens (including phenoxy) is 1. The first-order chi connectivity index (χ1) is 13.5. The second-order valence-electron chi connectivity index (χ2n) is 6.45. The standard InChI is InChI=1S/C24H21F3O/c1-3-4-5-6-16-7-9-17(10-8-16)22(25)24(27)21-13-11-18-15-19(28-2)12-14-20(18)23(21)26/h3-4,7-15H,5-6H2,1-2H3/b4-3+,24-22?. The molecule has 0 amide bonds. The molecule has 0 aliphatic heterocycles. The Hall–Kier alpha value is -3.01. The van der Waals surface area contributed by atoms with E-state index in [4.69, 9.17) is 4.74 Å². The fraction of sp³-hybridized carbons (Fsp3) is 0.167. The van der Waals surface area contributed by atoms with Crippen molar-refractivity contribution in [3.63, 3.8) is 0 Å². The third-order valence-corrected chi connectivity index (χ3v) is 4.63. The van der Waals surface area contributed by atoms with Gasteiger partial charge in [-0.25, -0.2) is 13.2 Å². The number of benzene rings is 3. The Morgan fingerprint density at radius 1 is 0.964 bits per heavy atom. The minimum absolute atomic E-state index is 0.0847. The highest BCUT2D eigenvalue weighted by Gasteiger charge is 2.17. The number of aryl methyl sites for hydroxylation is 1. The van der Waals surface area contributed by atoms with Crippen LogP contribution < -0.4 is 4.74 Å². The van der Waals surface area contributed by atoms with Crippen molar-refractivity contribution in [2.24, 2.45) is 0 Å². The maximum Gasteiger partial charge on any atom is 0.169 e. The number of hydrogen-bond acceptors (Lipinski definition) is 1. The second kappa shape index (κ2) is 8.79. The van der Waals surface area contributed by atoms with Crippen molar-refractivity contribution >= 4 is 22.4 Å². The van der Waals surface area contributed by atoms with Gasteiger partial charge in [-0.1, -0.05) is 42.5 Å². The number of rotatable bonds is 6. The van der Waals surface area contributed by atoms with Crippen LogP contribution in [0.1, 0.15) is 30.0 Å². The van der Waals surface area contributed by atoms with Gasteiger partial charge in [-0.2, -0.15) is 0 Å². The molecule has 3 aromatic rings. The molecule has 3 rings (SSSR count). The van der Waals surface area contributed by atoms with Crippen LogP contribution in [0.2, 0.25) is 0 Å². The smallest absolute Gasteiger partial charge is 0.169 e. The van der Waals surface area contributed by atoms with Crippen LogP contribution in [0, 0.1) is 5.82 Å². The molecule has 0 saturated heterocycles. The summed E-state index contributed by atoms with van der Waals surface area (Å²) >= 11 is 0. The highest BCUT2D eigenvalue weighted by molar-refractivity contribution is 5.91. The average Bonchev–Trinajstić information content (AvgIpc) is 2.73. The monoisotopic (exact) mass is 382 g/mol. The van der Waals surface area contributed by atoms with E-state index in [1.165, 1.54) is 31.4 Å². The van der Waals surface area contributed by atoms with Crippen molar-refractivity contribution < 1.29 is 17.9 Å². The summed E-state index contributed by atoms with van der Waals surface area (Å²) in [5.74, 6) is -2.52. The van der Waals surface area contributed by atoms with Gasteiger partial charge in [-0.05, 0) is 55.0 Å². The van der Waals surface area contributed by atoms with E-state index in [0.29, 0.717) is 11.1 Å². The summed E-state index contributed by atoms with van der Waals surface area (Å²) < 4.78 is 49.3. The van der Waals surface area contributed by atoms with Crippen LogP contribution >= 0.6 is 0 Å². The molecular weight excluding hydrogens is 361 g/mol. The predicted molar refractivity (Wildman–Crippen MR) is 109 cm³/mol. The molecule has 0 fully saturated rings. The van der Waals surface area contributed by atoms with Crippen molar-refractivity contribution in [1.29, 1.82) is 0 Å². The van der Waals surface area contributed by atoms with Gasteiger partial charge in [0, 0.05) is 16.5 Å². The summed E-state index contributed by atoms with van der Waals surface area (Å²) in [4.78, 5) is 0. The van der Waals surface area contributed by atoms with Gasteiger partial charge in [-0.3, -0.25) is 0 Å². The zero-order valence-corrected chi connectivity index (χ0v) is 15.8. The van der Waals surface area contributed by atoms with E-state index in [-0.39, 0.29) is 10.9 Å². The quantitative estimate of drug-likeness (QED) is 0.322. The summed E-state index contributed by atoms with van der Waals surface area (Å²) in [6.45, 7) is 1.95. The number of hydrogen-bond donors (Lipinski definition) is 0. The van der Waals surface area contributed by atoms with Crippen LogP contribution in [0.5, 0.6) is 5.75 Å². The molecule has 1 nitrogen and oxygen atoms in total. The molecule has 0 aliphatic carbocycles. The normalized spacial score (nSPS) is 12.5. The summed E-state index contributed by atoms with van der Waals surface area (Å²) in [5.41, 5.74) is 0.717. The van der Waals surface area contributed by atoms with Gasteiger partial charge in [-0.15, -0.1) is 0 Å². The van der Waals surface area contributed by atoms with Crippen LogP contribution in [-0.4, -0.2) is 7.11 Å². The summed E-state index contributed by atoms with van der Waals surface area (Å²) in [6, 6.07) is 14.1. The molecule has 0 spiro atoms. The Morgan fingerprint density at radius 3 is 2.39 bits per heavy atom. The minimum Gasteiger partial charge on any atom is -0.497 e. The van der Waals surface area contributed by atoms with Crippen molar-refractivity contribution in [2.45, 2.75) is 19.8 Å². The summed E-state index contributed by atoms with van der Waals surface area (Å²) in [5, 5.41) is 0.764. The van der Waals surface area contributed by atoms with Crippen LogP contribution in [0.4, 0.5) is 13.2 Å². The van der Waals surface area contributed by atoms with Gasteiger partial charge < -0.3 is 4.74 Å². The highest BCUT2D eigenvalue weighted by atomic mass is 19.2. The Bertz CT molecular complexity index is 1030. The van der Waals surface area contributed by atoms with Gasteiger partial charge >= 0.3 is 0 Å². The third kappa shape index (κ3) is 4.11. The van der Waals surface area contributed by atoms with E-state index >= 15 is 0 Å². The van der Waals surface area contributed by atoms with Crippen LogP contribution in [0.15, 0.2) is 66.7 Å². The molecule has 0 radical (unpaired) electrons. The minimum atomic E-state index is -1.21. The Labute approximate surface area is 162 Å². The van der Waals surface area contributed by atoms with E-state index in [2.05, 4.69) is 0 Å². The number of methoxy groups -OCH3 is 1. The number of fused-ring (bicyclic) bond motifs is 1. The largest absolute Gasteiger partial charge is 0.497 e. The molecule has 28 heavy (non-hydrogen) atoms. The van der Waals surface area contributed by atoms with Gasteiger partial charge in [0.05, 0.1) is 7.11 Å². The predicted octanol–water partition coefficient (Wildman–Crippen LogP) is 7.26. The van der Waals surface area contributed by atoms with E-state index in [0.717, 1.165) is 18.4 Å². The van der Waals surface area contributed by atoms with Crippen LogP contribution in [0.3, 0.4) is 0 Å². The van der Waals surface area contributed by atoms with Gasteiger partial charge in [0.1, 0.15) is 11.6 Å². The average molecular weight is 382 g/mol. The lowest BCUT2D eigenvalue weighted by Crippen LogP contribution is -1.92. The maximum absolute atomic E-state index is 14.8. The molecule has 4 heteroatoms. The SMILES string of the molecule is C/C=C/CCc1ccc(C(F)=C(F)c2ccc3cc(OC)ccc3c2F)cc1. The molecule has 0 N–H and O–H groups in total. The molecule has 0 unspecified atom stereocenters. The lowest BCUT2D eigenvalue weighted by atomic mass is 10.0. The zero-order chi connectivity index (χ0) is 20.1. The molecule has 0 saturated carbocycles. The van der Waals surface area contributed by atoms with Gasteiger partial charge in [0.15, 0.2) is 11.7 Å². The third-order valence-electron chi connectivity index (χ3n) is 4.63. The first kappa shape index (κ1) is 19.7. The fourth-order valence-corrected chi connectivity index (χ4v) is 3.05. The van der Waals surface area contributed by atoms with E-state index in [1.54, 1.807) is 30.3 Å². The highest BCUT2D eigenvalue weighted by Crippen LogP contribution is 2.34. The van der Waals surface area contributed by atoms with Crippen molar-refractivity contribution in [1.82, 2.24) is 0 Å². The Balaban J connectivity index is 1.93. The molecule has 3 aromatic carbocycles. The fourth-order valence-electron chi connectivity index (χ4n) is 3.05. The van der Waals surface area contributed by atoms with Gasteiger partial charge in [0.25, 0.3) is 0 Å².